The van der Waals surface area contributed by atoms with Gasteiger partial charge in [0, 0.05) is 6.54 Å². The van der Waals surface area contributed by atoms with Gasteiger partial charge in [0.05, 0.1) is 23.3 Å². The Bertz CT molecular complexity index is 641. The lowest BCUT2D eigenvalue weighted by atomic mass is 10.2. The van der Waals surface area contributed by atoms with Crippen LogP contribution in [0.2, 0.25) is 0 Å². The molecule has 0 atom stereocenters. The number of nitrogens with zero attached hydrogens (tertiary/aromatic N) is 1. The molecule has 100 valence electrons. The molecule has 0 aliphatic heterocycles. The lowest BCUT2D eigenvalue weighted by Crippen LogP contribution is -2.28. The van der Waals surface area contributed by atoms with Crippen LogP contribution in [0.1, 0.15) is 0 Å². The number of H-pyrrole nitrogens is 1. The first-order valence-electron chi connectivity index (χ1n) is 5.70. The number of aromatic nitrogens is 2. The van der Waals surface area contributed by atoms with E-state index in [9.17, 15) is 9.59 Å². The van der Waals surface area contributed by atoms with E-state index in [2.05, 4.69) is 15.3 Å². The highest BCUT2D eigenvalue weighted by atomic mass is 32.2. The van der Waals surface area contributed by atoms with E-state index in [1.54, 1.807) is 24.3 Å². The maximum Gasteiger partial charge on any atom is 0.259 e. The molecule has 0 saturated heterocycles. The average Bonchev–Trinajstić information content (AvgIpc) is 2.43. The zero-order chi connectivity index (χ0) is 13.7. The molecule has 0 fully saturated rings. The third-order valence-corrected chi connectivity index (χ3v) is 3.24. The summed E-state index contributed by atoms with van der Waals surface area (Å²) in [6, 6.07) is 7.02. The molecule has 0 aliphatic rings. The molecule has 0 spiro atoms. The first-order chi connectivity index (χ1) is 9.20. The number of hydrogen-bond donors (Lipinski definition) is 3. The van der Waals surface area contributed by atoms with Crippen LogP contribution in [0.25, 0.3) is 10.9 Å². The van der Waals surface area contributed by atoms with Gasteiger partial charge in [-0.05, 0) is 12.1 Å². The van der Waals surface area contributed by atoms with E-state index >= 15 is 0 Å². The highest BCUT2D eigenvalue weighted by Crippen LogP contribution is 2.14. The summed E-state index contributed by atoms with van der Waals surface area (Å²) in [4.78, 5) is 30.0. The summed E-state index contributed by atoms with van der Waals surface area (Å²) in [6.07, 6.45) is 0. The van der Waals surface area contributed by atoms with Crippen molar-refractivity contribution >= 4 is 28.6 Å². The number of para-hydroxylation sites is 1. The largest absolute Gasteiger partial charge is 0.395 e. The van der Waals surface area contributed by atoms with Crippen molar-refractivity contribution in [2.75, 3.05) is 18.9 Å². The number of thioether (sulfide) groups is 1. The standard InChI is InChI=1S/C12H13N3O3S/c16-6-5-13-10(17)7-19-12-14-9-4-2-1-3-8(9)11(18)15-12/h1-4,16H,5-7H2,(H,13,17)(H,14,15,18). The zero-order valence-electron chi connectivity index (χ0n) is 10.0. The lowest BCUT2D eigenvalue weighted by Gasteiger charge is -2.03. The SMILES string of the molecule is O=C(CSc1nc2ccccc2c(=O)[nH]1)NCCO. The van der Waals surface area contributed by atoms with Gasteiger partial charge in [0.15, 0.2) is 5.16 Å². The maximum atomic E-state index is 11.8. The average molecular weight is 279 g/mol. The highest BCUT2D eigenvalue weighted by molar-refractivity contribution is 7.99. The Morgan fingerprint density at radius 1 is 1.42 bits per heavy atom. The molecule has 2 aromatic rings. The van der Waals surface area contributed by atoms with Gasteiger partial charge in [0.25, 0.3) is 5.56 Å². The molecule has 0 aliphatic carbocycles. The molecule has 6 nitrogen and oxygen atoms in total. The van der Waals surface area contributed by atoms with Gasteiger partial charge in [-0.25, -0.2) is 4.98 Å². The minimum absolute atomic E-state index is 0.0958. The van der Waals surface area contributed by atoms with Crippen LogP contribution in [0.15, 0.2) is 34.2 Å². The molecule has 3 N–H and O–H groups in total. The van der Waals surface area contributed by atoms with E-state index in [4.69, 9.17) is 5.11 Å². The molecule has 0 bridgehead atoms. The molecule has 0 unspecified atom stereocenters. The quantitative estimate of drug-likeness (QED) is 0.534. The molecule has 1 aromatic heterocycles. The van der Waals surface area contributed by atoms with Crippen LogP contribution in [0.3, 0.4) is 0 Å². The van der Waals surface area contributed by atoms with Gasteiger partial charge in [-0.3, -0.25) is 9.59 Å². The summed E-state index contributed by atoms with van der Waals surface area (Å²) in [6.45, 7) is 0.128. The third kappa shape index (κ3) is 3.55. The van der Waals surface area contributed by atoms with Crippen LogP contribution in [0.4, 0.5) is 0 Å². The number of aliphatic hydroxyl groups excluding tert-OH is 1. The van der Waals surface area contributed by atoms with E-state index in [1.165, 1.54) is 0 Å². The summed E-state index contributed by atoms with van der Waals surface area (Å²) in [5, 5.41) is 12.0. The third-order valence-electron chi connectivity index (χ3n) is 2.37. The van der Waals surface area contributed by atoms with Gasteiger partial charge >= 0.3 is 0 Å². The number of hydrogen-bond acceptors (Lipinski definition) is 5. The van der Waals surface area contributed by atoms with Gasteiger partial charge in [-0.15, -0.1) is 0 Å². The second-order valence-electron chi connectivity index (χ2n) is 3.75. The van der Waals surface area contributed by atoms with Crippen molar-refractivity contribution in [2.45, 2.75) is 5.16 Å². The van der Waals surface area contributed by atoms with Crippen LogP contribution >= 0.6 is 11.8 Å². The summed E-state index contributed by atoms with van der Waals surface area (Å²) in [7, 11) is 0. The number of benzene rings is 1. The molecule has 7 heteroatoms. The van der Waals surface area contributed by atoms with Crippen molar-refractivity contribution in [1.82, 2.24) is 15.3 Å². The Labute approximate surface area is 113 Å². The molecule has 1 heterocycles. The number of aliphatic hydroxyl groups is 1. The van der Waals surface area contributed by atoms with Crippen molar-refractivity contribution < 1.29 is 9.90 Å². The topological polar surface area (TPSA) is 95.1 Å². The van der Waals surface area contributed by atoms with E-state index in [-0.39, 0.29) is 30.4 Å². The Balaban J connectivity index is 2.09. The zero-order valence-corrected chi connectivity index (χ0v) is 10.9. The second kappa shape index (κ2) is 6.35. The van der Waals surface area contributed by atoms with E-state index in [1.807, 2.05) is 0 Å². The number of fused-ring (bicyclic) bond motifs is 1. The van der Waals surface area contributed by atoms with E-state index < -0.39 is 0 Å². The maximum absolute atomic E-state index is 11.8. The predicted molar refractivity (Wildman–Crippen MR) is 73.2 cm³/mol. The first kappa shape index (κ1) is 13.6. The van der Waals surface area contributed by atoms with Crippen molar-refractivity contribution in [2.24, 2.45) is 0 Å². The number of nitrogens with one attached hydrogen (secondary N) is 2. The molecule has 0 saturated carbocycles. The smallest absolute Gasteiger partial charge is 0.259 e. The van der Waals surface area contributed by atoms with Crippen LogP contribution < -0.4 is 10.9 Å². The summed E-state index contributed by atoms with van der Waals surface area (Å²) >= 11 is 1.15. The lowest BCUT2D eigenvalue weighted by molar-refractivity contribution is -0.118. The Hall–Kier alpha value is -1.86. The number of carbonyl (C=O) groups is 1. The molecule has 0 radical (unpaired) electrons. The molecular weight excluding hydrogens is 266 g/mol. The van der Waals surface area contributed by atoms with E-state index in [0.717, 1.165) is 11.8 Å². The van der Waals surface area contributed by atoms with Gasteiger partial charge in [0.1, 0.15) is 0 Å². The first-order valence-corrected chi connectivity index (χ1v) is 6.68. The van der Waals surface area contributed by atoms with Gasteiger partial charge in [-0.2, -0.15) is 0 Å². The fraction of sp³-hybridized carbons (Fsp3) is 0.250. The van der Waals surface area contributed by atoms with Crippen LogP contribution in [0, 0.1) is 0 Å². The molecule has 1 aromatic carbocycles. The van der Waals surface area contributed by atoms with Crippen LogP contribution in [-0.2, 0) is 4.79 Å². The summed E-state index contributed by atoms with van der Waals surface area (Å²) in [5.74, 6) is -0.0729. The summed E-state index contributed by atoms with van der Waals surface area (Å²) in [5.41, 5.74) is 0.383. The fourth-order valence-electron chi connectivity index (χ4n) is 1.51. The predicted octanol–water partition coefficient (Wildman–Crippen LogP) is 0.124. The Morgan fingerprint density at radius 2 is 2.21 bits per heavy atom. The Kier molecular flexibility index (Phi) is 4.53. The number of rotatable bonds is 5. The van der Waals surface area contributed by atoms with Gasteiger partial charge in [0.2, 0.25) is 5.91 Å². The second-order valence-corrected chi connectivity index (χ2v) is 4.71. The molecule has 1 amide bonds. The minimum atomic E-state index is -0.219. The van der Waals surface area contributed by atoms with Crippen molar-refractivity contribution in [1.29, 1.82) is 0 Å². The molecule has 19 heavy (non-hydrogen) atoms. The molecule has 2 rings (SSSR count). The van der Waals surface area contributed by atoms with Crippen LogP contribution in [0.5, 0.6) is 0 Å². The fourth-order valence-corrected chi connectivity index (χ4v) is 2.21. The number of amides is 1. The normalized spacial score (nSPS) is 10.6. The Morgan fingerprint density at radius 3 is 3.00 bits per heavy atom. The monoisotopic (exact) mass is 279 g/mol. The van der Waals surface area contributed by atoms with Gasteiger partial charge in [-0.1, -0.05) is 23.9 Å². The highest BCUT2D eigenvalue weighted by Gasteiger charge is 2.06. The number of carbonyl (C=O) groups excluding carboxylic acids is 1. The number of aromatic amines is 1. The summed E-state index contributed by atoms with van der Waals surface area (Å²) < 4.78 is 0. The minimum Gasteiger partial charge on any atom is -0.395 e. The van der Waals surface area contributed by atoms with Gasteiger partial charge < -0.3 is 15.4 Å². The van der Waals surface area contributed by atoms with Crippen molar-refractivity contribution in [3.63, 3.8) is 0 Å². The van der Waals surface area contributed by atoms with Crippen molar-refractivity contribution in [3.8, 4) is 0 Å². The van der Waals surface area contributed by atoms with E-state index in [0.29, 0.717) is 16.1 Å². The van der Waals surface area contributed by atoms with Crippen molar-refractivity contribution in [3.05, 3.63) is 34.6 Å². The molecular formula is C12H13N3O3S. The van der Waals surface area contributed by atoms with Crippen LogP contribution in [-0.4, -0.2) is 39.9 Å².